The van der Waals surface area contributed by atoms with Gasteiger partial charge < -0.3 is 9.47 Å². The number of fused-ring (bicyclic) bond motifs is 6. The van der Waals surface area contributed by atoms with Crippen molar-refractivity contribution in [2.75, 3.05) is 4.90 Å². The van der Waals surface area contributed by atoms with Gasteiger partial charge in [-0.25, -0.2) is 0 Å². The molecule has 1 heterocycles. The Morgan fingerprint density at radius 3 is 1.67 bits per heavy atom. The van der Waals surface area contributed by atoms with Gasteiger partial charge in [-0.2, -0.15) is 0 Å². The van der Waals surface area contributed by atoms with Crippen molar-refractivity contribution in [1.82, 2.24) is 4.57 Å². The summed E-state index contributed by atoms with van der Waals surface area (Å²) < 4.78 is 2.47. The van der Waals surface area contributed by atoms with Gasteiger partial charge in [0, 0.05) is 38.8 Å². The topological polar surface area (TPSA) is 8.17 Å². The molecule has 2 nitrogen and oxygen atoms in total. The van der Waals surface area contributed by atoms with Gasteiger partial charge in [0.2, 0.25) is 0 Å². The van der Waals surface area contributed by atoms with E-state index in [2.05, 4.69) is 240 Å². The van der Waals surface area contributed by atoms with Crippen LogP contribution in [0.4, 0.5) is 17.1 Å². The zero-order chi connectivity index (χ0) is 38.4. The summed E-state index contributed by atoms with van der Waals surface area (Å²) in [5.74, 6) is 0. The first-order valence-corrected chi connectivity index (χ1v) is 19.9. The van der Waals surface area contributed by atoms with Crippen molar-refractivity contribution < 1.29 is 0 Å². The first-order valence-electron chi connectivity index (χ1n) is 19.9. The average Bonchev–Trinajstić information content (AvgIpc) is 3.65. The summed E-state index contributed by atoms with van der Waals surface area (Å²) in [6.45, 7) is 0. The van der Waals surface area contributed by atoms with E-state index in [0.717, 1.165) is 28.3 Å². The number of benzene rings is 10. The van der Waals surface area contributed by atoms with Gasteiger partial charge in [-0.15, -0.1) is 0 Å². The number of rotatable bonds is 7. The van der Waals surface area contributed by atoms with Crippen LogP contribution in [0.1, 0.15) is 0 Å². The van der Waals surface area contributed by atoms with Crippen molar-refractivity contribution in [1.29, 1.82) is 0 Å². The fraction of sp³-hybridized carbons (Fsp3) is 0. The SMILES string of the molecule is c1ccc(-c2ccc(N(c3ccc(-c4ccccc4-n4c5ccccc5c5ccc6ccccc6c54)cc3)c3cccc(-c4ccc5ccccc5c4)c3)cc2)cc1. The van der Waals surface area contributed by atoms with Crippen molar-refractivity contribution in [3.05, 3.63) is 231 Å². The van der Waals surface area contributed by atoms with E-state index in [1.807, 2.05) is 0 Å². The van der Waals surface area contributed by atoms with Gasteiger partial charge in [0.15, 0.2) is 0 Å². The molecule has 1 aromatic heterocycles. The van der Waals surface area contributed by atoms with Crippen molar-refractivity contribution in [3.8, 4) is 39.1 Å². The van der Waals surface area contributed by atoms with Crippen molar-refractivity contribution in [2.45, 2.75) is 0 Å². The standard InChI is InChI=1S/C56H38N2/c1-2-13-39(14-3-1)41-27-32-47(33-28-41)57(49-19-12-18-45(38-49)46-26-25-40-15-4-5-17-44(40)37-46)48-34-29-43(30-35-48)50-20-8-10-23-54(50)58-55-24-11-9-22-52(55)53-36-31-42-16-6-7-21-51(42)56(53)58/h1-38H. The molecule has 272 valence electrons. The maximum Gasteiger partial charge on any atom is 0.0619 e. The van der Waals surface area contributed by atoms with E-state index in [4.69, 9.17) is 0 Å². The molecule has 0 spiro atoms. The van der Waals surface area contributed by atoms with Gasteiger partial charge in [-0.1, -0.05) is 176 Å². The molecule has 0 unspecified atom stereocenters. The van der Waals surface area contributed by atoms with Gasteiger partial charge in [-0.3, -0.25) is 0 Å². The molecule has 0 atom stereocenters. The third kappa shape index (κ3) is 5.82. The summed E-state index contributed by atoms with van der Waals surface area (Å²) in [4.78, 5) is 2.37. The number of para-hydroxylation sites is 2. The number of nitrogens with zero attached hydrogens (tertiary/aromatic N) is 2. The molecule has 58 heavy (non-hydrogen) atoms. The molecule has 11 aromatic rings. The second kappa shape index (κ2) is 14.1. The smallest absolute Gasteiger partial charge is 0.0619 e. The molecule has 0 aliphatic rings. The van der Waals surface area contributed by atoms with Crippen LogP contribution in [-0.4, -0.2) is 4.57 Å². The maximum atomic E-state index is 2.47. The largest absolute Gasteiger partial charge is 0.310 e. The van der Waals surface area contributed by atoms with Gasteiger partial charge in [0.1, 0.15) is 0 Å². The number of hydrogen-bond acceptors (Lipinski definition) is 1. The predicted octanol–water partition coefficient (Wildman–Crippen LogP) is 15.6. The van der Waals surface area contributed by atoms with Crippen molar-refractivity contribution in [2.24, 2.45) is 0 Å². The minimum absolute atomic E-state index is 1.09. The Kier molecular flexibility index (Phi) is 8.19. The molecule has 0 amide bonds. The summed E-state index contributed by atoms with van der Waals surface area (Å²) in [6.07, 6.45) is 0. The van der Waals surface area contributed by atoms with Gasteiger partial charge in [0.05, 0.1) is 16.7 Å². The molecule has 0 saturated carbocycles. The monoisotopic (exact) mass is 738 g/mol. The lowest BCUT2D eigenvalue weighted by Crippen LogP contribution is -2.10. The zero-order valence-electron chi connectivity index (χ0n) is 31.8. The van der Waals surface area contributed by atoms with Gasteiger partial charge in [-0.05, 0) is 98.6 Å². The van der Waals surface area contributed by atoms with E-state index >= 15 is 0 Å². The highest BCUT2D eigenvalue weighted by atomic mass is 15.1. The summed E-state index contributed by atoms with van der Waals surface area (Å²) >= 11 is 0. The first-order chi connectivity index (χ1) is 28.8. The predicted molar refractivity (Wildman–Crippen MR) is 247 cm³/mol. The first kappa shape index (κ1) is 33.6. The van der Waals surface area contributed by atoms with Crippen LogP contribution in [0, 0.1) is 0 Å². The highest BCUT2D eigenvalue weighted by Crippen LogP contribution is 2.42. The number of anilines is 3. The number of hydrogen-bond donors (Lipinski definition) is 0. The molecule has 0 bridgehead atoms. The summed E-state index contributed by atoms with van der Waals surface area (Å²) in [5.41, 5.74) is 14.0. The van der Waals surface area contributed by atoms with Crippen LogP contribution in [0.3, 0.4) is 0 Å². The zero-order valence-corrected chi connectivity index (χ0v) is 31.8. The summed E-state index contributed by atoms with van der Waals surface area (Å²) in [7, 11) is 0. The van der Waals surface area contributed by atoms with E-state index in [0.29, 0.717) is 0 Å². The Morgan fingerprint density at radius 1 is 0.293 bits per heavy atom. The normalized spacial score (nSPS) is 11.4. The van der Waals surface area contributed by atoms with Crippen LogP contribution < -0.4 is 4.90 Å². The summed E-state index contributed by atoms with van der Waals surface area (Å²) in [6, 6.07) is 83.7. The fourth-order valence-electron chi connectivity index (χ4n) is 8.76. The Labute approximate surface area is 338 Å². The third-order valence-electron chi connectivity index (χ3n) is 11.6. The van der Waals surface area contributed by atoms with Crippen LogP contribution in [0.25, 0.3) is 82.4 Å². The van der Waals surface area contributed by atoms with E-state index in [1.54, 1.807) is 0 Å². The lowest BCUT2D eigenvalue weighted by molar-refractivity contribution is 1.19. The molecule has 0 aliphatic heterocycles. The molecule has 2 heteroatoms. The maximum absolute atomic E-state index is 2.47. The Morgan fingerprint density at radius 2 is 0.862 bits per heavy atom. The van der Waals surface area contributed by atoms with Crippen LogP contribution in [0.5, 0.6) is 0 Å². The van der Waals surface area contributed by atoms with E-state index in [9.17, 15) is 0 Å². The van der Waals surface area contributed by atoms with Crippen LogP contribution >= 0.6 is 0 Å². The average molecular weight is 739 g/mol. The van der Waals surface area contributed by atoms with Crippen LogP contribution in [0.15, 0.2) is 231 Å². The highest BCUT2D eigenvalue weighted by molar-refractivity contribution is 6.19. The minimum Gasteiger partial charge on any atom is -0.310 e. The molecule has 11 rings (SSSR count). The molecular formula is C56H38N2. The molecule has 0 aliphatic carbocycles. The highest BCUT2D eigenvalue weighted by Gasteiger charge is 2.19. The molecule has 0 saturated heterocycles. The van der Waals surface area contributed by atoms with Crippen molar-refractivity contribution in [3.63, 3.8) is 0 Å². The van der Waals surface area contributed by atoms with Gasteiger partial charge in [0.25, 0.3) is 0 Å². The Balaban J connectivity index is 1.04. The van der Waals surface area contributed by atoms with E-state index in [-0.39, 0.29) is 0 Å². The molecule has 10 aromatic carbocycles. The summed E-state index contributed by atoms with van der Waals surface area (Å²) in [5, 5.41) is 7.50. The molecule has 0 N–H and O–H groups in total. The Bertz CT molecular complexity index is 3270. The Hall–Kier alpha value is -7.68. The third-order valence-corrected chi connectivity index (χ3v) is 11.6. The minimum atomic E-state index is 1.09. The van der Waals surface area contributed by atoms with E-state index < -0.39 is 0 Å². The van der Waals surface area contributed by atoms with Crippen LogP contribution in [0.2, 0.25) is 0 Å². The van der Waals surface area contributed by atoms with Crippen molar-refractivity contribution >= 4 is 60.4 Å². The quantitative estimate of drug-likeness (QED) is 0.158. The second-order valence-electron chi connectivity index (χ2n) is 15.0. The van der Waals surface area contributed by atoms with Crippen LogP contribution in [-0.2, 0) is 0 Å². The lowest BCUT2D eigenvalue weighted by Gasteiger charge is -2.26. The second-order valence-corrected chi connectivity index (χ2v) is 15.0. The van der Waals surface area contributed by atoms with E-state index in [1.165, 1.54) is 71.2 Å². The fourth-order valence-corrected chi connectivity index (χ4v) is 8.76. The number of aromatic nitrogens is 1. The van der Waals surface area contributed by atoms with Gasteiger partial charge >= 0.3 is 0 Å². The molecule has 0 fully saturated rings. The molecule has 0 radical (unpaired) electrons. The molecular weight excluding hydrogens is 701 g/mol. The lowest BCUT2D eigenvalue weighted by atomic mass is 10.00.